The van der Waals surface area contributed by atoms with Crippen molar-refractivity contribution in [2.24, 2.45) is 0 Å². The van der Waals surface area contributed by atoms with Crippen molar-refractivity contribution in [2.45, 2.75) is 31.7 Å². The van der Waals surface area contributed by atoms with E-state index in [0.717, 1.165) is 6.54 Å². The first-order valence-electron chi connectivity index (χ1n) is 6.12. The minimum atomic E-state index is 0.123. The lowest BCUT2D eigenvalue weighted by atomic mass is 9.91. The number of hydrogen-bond donors (Lipinski definition) is 1. The first-order chi connectivity index (χ1) is 7.80. The highest BCUT2D eigenvalue weighted by Gasteiger charge is 2.34. The average Bonchev–Trinajstić information content (AvgIpc) is 2.77. The van der Waals surface area contributed by atoms with Crippen LogP contribution >= 0.6 is 11.3 Å². The van der Waals surface area contributed by atoms with Crippen molar-refractivity contribution in [3.05, 3.63) is 16.6 Å². The molecule has 1 unspecified atom stereocenters. The van der Waals surface area contributed by atoms with Crippen LogP contribution in [-0.2, 0) is 5.54 Å². The molecule has 1 saturated heterocycles. The Hall–Kier alpha value is -0.450. The average molecular weight is 239 g/mol. The van der Waals surface area contributed by atoms with E-state index in [2.05, 4.69) is 34.6 Å². The maximum absolute atomic E-state index is 4.51. The molecule has 2 rings (SSSR count). The third-order valence-electron chi connectivity index (χ3n) is 3.70. The minimum absolute atomic E-state index is 0.123. The van der Waals surface area contributed by atoms with Gasteiger partial charge in [-0.2, -0.15) is 0 Å². The van der Waals surface area contributed by atoms with Crippen LogP contribution in [0.2, 0.25) is 0 Å². The molecule has 4 heteroatoms. The summed E-state index contributed by atoms with van der Waals surface area (Å²) in [6, 6.07) is 0. The van der Waals surface area contributed by atoms with Gasteiger partial charge in [-0.05, 0) is 39.4 Å². The minimum Gasteiger partial charge on any atom is -0.308 e. The molecule has 0 aliphatic carbocycles. The van der Waals surface area contributed by atoms with Crippen LogP contribution < -0.4 is 5.32 Å². The van der Waals surface area contributed by atoms with Crippen LogP contribution in [0.15, 0.2) is 11.6 Å². The molecule has 90 valence electrons. The standard InChI is InChI=1S/C12H21N3S/c1-3-15-8-4-5-12(13-2,6-9-15)11-14-7-10-16-11/h7,10,13H,3-6,8-9H2,1-2H3. The van der Waals surface area contributed by atoms with Crippen LogP contribution in [0.5, 0.6) is 0 Å². The molecule has 0 aromatic carbocycles. The molecule has 2 heterocycles. The summed E-state index contributed by atoms with van der Waals surface area (Å²) in [5.74, 6) is 0. The van der Waals surface area contributed by atoms with Gasteiger partial charge in [-0.1, -0.05) is 6.92 Å². The molecular weight excluding hydrogens is 218 g/mol. The van der Waals surface area contributed by atoms with Gasteiger partial charge in [0.15, 0.2) is 0 Å². The van der Waals surface area contributed by atoms with E-state index in [1.807, 2.05) is 6.20 Å². The van der Waals surface area contributed by atoms with Gasteiger partial charge in [0, 0.05) is 18.1 Å². The van der Waals surface area contributed by atoms with Crippen molar-refractivity contribution >= 4 is 11.3 Å². The molecule has 1 aromatic rings. The molecule has 1 fully saturated rings. The highest BCUT2D eigenvalue weighted by molar-refractivity contribution is 7.09. The van der Waals surface area contributed by atoms with E-state index in [-0.39, 0.29) is 5.54 Å². The summed E-state index contributed by atoms with van der Waals surface area (Å²) >= 11 is 1.78. The number of nitrogens with one attached hydrogen (secondary N) is 1. The summed E-state index contributed by atoms with van der Waals surface area (Å²) in [6.45, 7) is 5.82. The number of rotatable bonds is 3. The summed E-state index contributed by atoms with van der Waals surface area (Å²) in [5.41, 5.74) is 0.123. The van der Waals surface area contributed by atoms with Gasteiger partial charge in [0.1, 0.15) is 5.01 Å². The summed E-state index contributed by atoms with van der Waals surface area (Å²) in [4.78, 5) is 7.05. The van der Waals surface area contributed by atoms with Crippen LogP contribution in [0.4, 0.5) is 0 Å². The quantitative estimate of drug-likeness (QED) is 0.875. The lowest BCUT2D eigenvalue weighted by Gasteiger charge is -2.30. The van der Waals surface area contributed by atoms with Gasteiger partial charge in [0.25, 0.3) is 0 Å². The zero-order valence-electron chi connectivity index (χ0n) is 10.2. The summed E-state index contributed by atoms with van der Waals surface area (Å²) < 4.78 is 0. The molecule has 0 saturated carbocycles. The second-order valence-electron chi connectivity index (χ2n) is 4.46. The Morgan fingerprint density at radius 3 is 3.00 bits per heavy atom. The number of likely N-dealkylation sites (tertiary alicyclic amines) is 1. The second kappa shape index (κ2) is 5.25. The maximum Gasteiger partial charge on any atom is 0.113 e. The second-order valence-corrected chi connectivity index (χ2v) is 5.35. The molecule has 1 aliphatic heterocycles. The smallest absolute Gasteiger partial charge is 0.113 e. The molecule has 0 radical (unpaired) electrons. The van der Waals surface area contributed by atoms with E-state index in [0.29, 0.717) is 0 Å². The predicted molar refractivity (Wildman–Crippen MR) is 68.8 cm³/mol. The van der Waals surface area contributed by atoms with Crippen LogP contribution in [-0.4, -0.2) is 36.6 Å². The van der Waals surface area contributed by atoms with Crippen LogP contribution in [0.25, 0.3) is 0 Å². The van der Waals surface area contributed by atoms with E-state index in [1.165, 1.54) is 37.4 Å². The highest BCUT2D eigenvalue weighted by atomic mass is 32.1. The molecular formula is C12H21N3S. The summed E-state index contributed by atoms with van der Waals surface area (Å²) in [7, 11) is 2.07. The molecule has 0 spiro atoms. The zero-order valence-corrected chi connectivity index (χ0v) is 11.0. The number of hydrogen-bond acceptors (Lipinski definition) is 4. The molecule has 16 heavy (non-hydrogen) atoms. The summed E-state index contributed by atoms with van der Waals surface area (Å²) in [6.07, 6.45) is 5.55. The van der Waals surface area contributed by atoms with Gasteiger partial charge in [0.2, 0.25) is 0 Å². The van der Waals surface area contributed by atoms with Gasteiger partial charge in [-0.15, -0.1) is 11.3 Å². The van der Waals surface area contributed by atoms with Gasteiger partial charge >= 0.3 is 0 Å². The Morgan fingerprint density at radius 2 is 2.38 bits per heavy atom. The van der Waals surface area contributed by atoms with Crippen molar-refractivity contribution in [3.8, 4) is 0 Å². The van der Waals surface area contributed by atoms with E-state index in [4.69, 9.17) is 0 Å². The SMILES string of the molecule is CCN1CCCC(NC)(c2nccs2)CC1. The molecule has 1 aromatic heterocycles. The van der Waals surface area contributed by atoms with Crippen LogP contribution in [0, 0.1) is 0 Å². The Balaban J connectivity index is 2.15. The van der Waals surface area contributed by atoms with Crippen LogP contribution in [0.1, 0.15) is 31.2 Å². The third kappa shape index (κ3) is 2.29. The van der Waals surface area contributed by atoms with Crippen molar-refractivity contribution in [1.82, 2.24) is 15.2 Å². The molecule has 1 aliphatic rings. The molecule has 1 N–H and O–H groups in total. The van der Waals surface area contributed by atoms with Gasteiger partial charge in [-0.3, -0.25) is 0 Å². The first-order valence-corrected chi connectivity index (χ1v) is 7.00. The largest absolute Gasteiger partial charge is 0.308 e. The Labute approximate surface area is 102 Å². The van der Waals surface area contributed by atoms with Gasteiger partial charge in [0.05, 0.1) is 5.54 Å². The normalized spacial score (nSPS) is 27.9. The Morgan fingerprint density at radius 1 is 1.50 bits per heavy atom. The molecule has 0 amide bonds. The maximum atomic E-state index is 4.51. The number of aromatic nitrogens is 1. The van der Waals surface area contributed by atoms with Crippen molar-refractivity contribution in [2.75, 3.05) is 26.7 Å². The van der Waals surface area contributed by atoms with Gasteiger partial charge in [-0.25, -0.2) is 4.98 Å². The molecule has 1 atom stereocenters. The fraction of sp³-hybridized carbons (Fsp3) is 0.750. The van der Waals surface area contributed by atoms with Crippen molar-refractivity contribution in [1.29, 1.82) is 0 Å². The number of thiazole rings is 1. The van der Waals surface area contributed by atoms with E-state index >= 15 is 0 Å². The fourth-order valence-electron chi connectivity index (χ4n) is 2.54. The van der Waals surface area contributed by atoms with Crippen molar-refractivity contribution in [3.63, 3.8) is 0 Å². The molecule has 0 bridgehead atoms. The van der Waals surface area contributed by atoms with E-state index in [9.17, 15) is 0 Å². The zero-order chi connectivity index (χ0) is 11.4. The van der Waals surface area contributed by atoms with Gasteiger partial charge < -0.3 is 10.2 Å². The van der Waals surface area contributed by atoms with Crippen LogP contribution in [0.3, 0.4) is 0 Å². The van der Waals surface area contributed by atoms with Crippen molar-refractivity contribution < 1.29 is 0 Å². The highest BCUT2D eigenvalue weighted by Crippen LogP contribution is 2.33. The predicted octanol–water partition coefficient (Wildman–Crippen LogP) is 2.06. The van der Waals surface area contributed by atoms with E-state index < -0.39 is 0 Å². The first kappa shape index (κ1) is 12.0. The lowest BCUT2D eigenvalue weighted by Crippen LogP contribution is -2.40. The topological polar surface area (TPSA) is 28.2 Å². The third-order valence-corrected chi connectivity index (χ3v) is 4.68. The lowest BCUT2D eigenvalue weighted by molar-refractivity contribution is 0.273. The summed E-state index contributed by atoms with van der Waals surface area (Å²) in [5, 5.41) is 6.86. The fourth-order valence-corrected chi connectivity index (χ4v) is 3.44. The van der Waals surface area contributed by atoms with E-state index in [1.54, 1.807) is 11.3 Å². The Kier molecular flexibility index (Phi) is 3.95. The monoisotopic (exact) mass is 239 g/mol. The Bertz CT molecular complexity index is 312. The molecule has 3 nitrogen and oxygen atoms in total. The number of nitrogens with zero attached hydrogens (tertiary/aromatic N) is 2.